The highest BCUT2D eigenvalue weighted by Crippen LogP contribution is 2.20. The van der Waals surface area contributed by atoms with Crippen molar-refractivity contribution in [2.75, 3.05) is 6.61 Å². The molecule has 0 aliphatic heterocycles. The molecule has 104 valence electrons. The molecule has 0 N–H and O–H groups in total. The largest absolute Gasteiger partial charge is 0.513 e. The van der Waals surface area contributed by atoms with E-state index < -0.39 is 30.3 Å². The molecule has 0 spiro atoms. The first-order valence-electron chi connectivity index (χ1n) is 4.94. The topological polar surface area (TPSA) is 78.7 Å². The number of rotatable bonds is 4. The summed E-state index contributed by atoms with van der Waals surface area (Å²) in [7, 11) is 0. The minimum absolute atomic E-state index is 0.0670. The van der Waals surface area contributed by atoms with E-state index in [1.165, 1.54) is 0 Å². The number of non-ortho nitro benzene ring substituents is 1. The van der Waals surface area contributed by atoms with Gasteiger partial charge in [0, 0.05) is 12.1 Å². The summed E-state index contributed by atoms with van der Waals surface area (Å²) in [6.45, 7) is -0.852. The van der Waals surface area contributed by atoms with Crippen LogP contribution >= 0.6 is 0 Å². The second kappa shape index (κ2) is 6.03. The molecule has 0 saturated carbocycles. The van der Waals surface area contributed by atoms with E-state index in [-0.39, 0.29) is 11.4 Å². The number of alkyl halides is 3. The Morgan fingerprint density at radius 2 is 1.84 bits per heavy atom. The van der Waals surface area contributed by atoms with Gasteiger partial charge in [0.25, 0.3) is 5.69 Å². The van der Waals surface area contributed by atoms with Gasteiger partial charge >= 0.3 is 12.3 Å². The van der Waals surface area contributed by atoms with E-state index in [2.05, 4.69) is 9.47 Å². The van der Waals surface area contributed by atoms with Crippen molar-refractivity contribution in [2.45, 2.75) is 12.6 Å². The van der Waals surface area contributed by atoms with Gasteiger partial charge in [-0.05, 0) is 12.1 Å². The summed E-state index contributed by atoms with van der Waals surface area (Å²) in [4.78, 5) is 20.7. The van der Waals surface area contributed by atoms with Crippen molar-refractivity contribution in [3.63, 3.8) is 0 Å². The predicted octanol–water partition coefficient (Wildman–Crippen LogP) is 3.06. The van der Waals surface area contributed by atoms with Crippen molar-refractivity contribution in [2.24, 2.45) is 0 Å². The Bertz CT molecular complexity index is 457. The number of nitro groups is 1. The maximum atomic E-state index is 11.8. The maximum absolute atomic E-state index is 11.8. The molecule has 0 aliphatic carbocycles. The quantitative estimate of drug-likeness (QED) is 0.366. The molecule has 0 aromatic heterocycles. The highest BCUT2D eigenvalue weighted by molar-refractivity contribution is 5.63. The molecule has 19 heavy (non-hydrogen) atoms. The summed E-state index contributed by atoms with van der Waals surface area (Å²) >= 11 is 0. The molecule has 0 heterocycles. The van der Waals surface area contributed by atoms with E-state index in [0.29, 0.717) is 0 Å². The van der Waals surface area contributed by atoms with Crippen LogP contribution in [-0.2, 0) is 4.74 Å². The minimum Gasteiger partial charge on any atom is -0.434 e. The van der Waals surface area contributed by atoms with Gasteiger partial charge in [-0.2, -0.15) is 13.2 Å². The van der Waals surface area contributed by atoms with Gasteiger partial charge in [0.15, 0.2) is 0 Å². The fourth-order valence-corrected chi connectivity index (χ4v) is 1.01. The highest BCUT2D eigenvalue weighted by Gasteiger charge is 2.27. The van der Waals surface area contributed by atoms with E-state index in [0.717, 1.165) is 24.3 Å². The van der Waals surface area contributed by atoms with E-state index >= 15 is 0 Å². The van der Waals surface area contributed by atoms with Gasteiger partial charge < -0.3 is 9.47 Å². The van der Waals surface area contributed by atoms with E-state index in [1.807, 2.05) is 0 Å². The predicted molar refractivity (Wildman–Crippen MR) is 55.7 cm³/mol. The molecule has 0 radical (unpaired) electrons. The molecule has 0 aliphatic rings. The number of carbonyl (C=O) groups excluding carboxylic acids is 1. The Morgan fingerprint density at radius 3 is 2.32 bits per heavy atom. The average Bonchev–Trinajstić information content (AvgIpc) is 2.27. The average molecular weight is 279 g/mol. The summed E-state index contributed by atoms with van der Waals surface area (Å²) < 4.78 is 44.0. The van der Waals surface area contributed by atoms with Gasteiger partial charge in [-0.25, -0.2) is 4.79 Å². The van der Waals surface area contributed by atoms with Crippen LogP contribution in [0.15, 0.2) is 24.3 Å². The number of nitrogens with zero attached hydrogens (tertiary/aromatic N) is 1. The van der Waals surface area contributed by atoms with Crippen molar-refractivity contribution in [3.8, 4) is 5.75 Å². The number of nitro benzene ring substituents is 1. The van der Waals surface area contributed by atoms with Crippen molar-refractivity contribution < 1.29 is 32.4 Å². The second-order valence-corrected chi connectivity index (χ2v) is 3.32. The smallest absolute Gasteiger partial charge is 0.434 e. The zero-order valence-corrected chi connectivity index (χ0v) is 9.35. The van der Waals surface area contributed by atoms with Gasteiger partial charge in [-0.1, -0.05) is 0 Å². The summed E-state index contributed by atoms with van der Waals surface area (Å²) in [5.74, 6) is -0.0670. The molecule has 9 heteroatoms. The van der Waals surface area contributed by atoms with E-state index in [9.17, 15) is 28.1 Å². The molecule has 6 nitrogen and oxygen atoms in total. The second-order valence-electron chi connectivity index (χ2n) is 3.32. The fourth-order valence-electron chi connectivity index (χ4n) is 1.01. The lowest BCUT2D eigenvalue weighted by molar-refractivity contribution is -0.384. The lowest BCUT2D eigenvalue weighted by Gasteiger charge is -2.07. The molecule has 0 fully saturated rings. The van der Waals surface area contributed by atoms with Gasteiger partial charge in [0.05, 0.1) is 11.3 Å². The van der Waals surface area contributed by atoms with E-state index in [4.69, 9.17) is 0 Å². The van der Waals surface area contributed by atoms with Crippen LogP contribution in [0.5, 0.6) is 5.75 Å². The Balaban J connectivity index is 2.42. The fraction of sp³-hybridized carbons (Fsp3) is 0.300. The minimum atomic E-state index is -4.42. The Morgan fingerprint density at radius 1 is 1.26 bits per heavy atom. The van der Waals surface area contributed by atoms with Crippen LogP contribution in [0.4, 0.5) is 23.7 Å². The van der Waals surface area contributed by atoms with Crippen molar-refractivity contribution >= 4 is 11.8 Å². The molecular weight excluding hydrogens is 271 g/mol. The lowest BCUT2D eigenvalue weighted by atomic mass is 10.3. The molecule has 1 rings (SSSR count). The Hall–Kier alpha value is -2.32. The summed E-state index contributed by atoms with van der Waals surface area (Å²) in [5, 5.41) is 10.3. The van der Waals surface area contributed by atoms with Crippen molar-refractivity contribution in [3.05, 3.63) is 34.4 Å². The Kier molecular flexibility index (Phi) is 4.67. The zero-order chi connectivity index (χ0) is 14.5. The number of hydrogen-bond acceptors (Lipinski definition) is 5. The normalized spacial score (nSPS) is 10.9. The zero-order valence-electron chi connectivity index (χ0n) is 9.35. The van der Waals surface area contributed by atoms with Crippen LogP contribution in [0.2, 0.25) is 0 Å². The van der Waals surface area contributed by atoms with Crippen molar-refractivity contribution in [1.29, 1.82) is 0 Å². The summed E-state index contributed by atoms with van der Waals surface area (Å²) in [6, 6.07) is 4.42. The molecule has 0 saturated heterocycles. The molecule has 1 aromatic carbocycles. The third-order valence-corrected chi connectivity index (χ3v) is 1.85. The van der Waals surface area contributed by atoms with Gasteiger partial charge in [0.2, 0.25) is 0 Å². The van der Waals surface area contributed by atoms with Crippen LogP contribution < -0.4 is 4.74 Å². The first kappa shape index (κ1) is 14.7. The highest BCUT2D eigenvalue weighted by atomic mass is 19.4. The molecule has 1 aromatic rings. The van der Waals surface area contributed by atoms with Crippen LogP contribution in [0.3, 0.4) is 0 Å². The van der Waals surface area contributed by atoms with Crippen LogP contribution in [0, 0.1) is 10.1 Å². The number of carbonyl (C=O) groups is 1. The van der Waals surface area contributed by atoms with Crippen molar-refractivity contribution in [1.82, 2.24) is 0 Å². The van der Waals surface area contributed by atoms with Crippen LogP contribution in [-0.4, -0.2) is 23.9 Å². The van der Waals surface area contributed by atoms with Gasteiger partial charge in [-0.15, -0.1) is 0 Å². The monoisotopic (exact) mass is 279 g/mol. The first-order chi connectivity index (χ1) is 8.78. The molecule has 0 amide bonds. The van der Waals surface area contributed by atoms with Crippen LogP contribution in [0.1, 0.15) is 6.42 Å². The number of hydrogen-bond donors (Lipinski definition) is 0. The standard InChI is InChI=1S/C10H8F3NO5/c11-10(12,13)5-6-18-9(15)19-8-3-1-7(2-4-8)14(16)17/h1-4H,5-6H2. The third kappa shape index (κ3) is 5.70. The lowest BCUT2D eigenvalue weighted by Crippen LogP contribution is -2.16. The Labute approximate surface area is 104 Å². The molecular formula is C10H8F3NO5. The first-order valence-corrected chi connectivity index (χ1v) is 4.94. The molecule has 0 bridgehead atoms. The van der Waals surface area contributed by atoms with E-state index in [1.54, 1.807) is 0 Å². The number of benzene rings is 1. The number of halogens is 3. The maximum Gasteiger partial charge on any atom is 0.513 e. The third-order valence-electron chi connectivity index (χ3n) is 1.85. The summed E-state index contributed by atoms with van der Waals surface area (Å²) in [5.41, 5.74) is -0.210. The van der Waals surface area contributed by atoms with Gasteiger partial charge in [0.1, 0.15) is 12.4 Å². The van der Waals surface area contributed by atoms with Crippen LogP contribution in [0.25, 0.3) is 0 Å². The SMILES string of the molecule is O=C(OCCC(F)(F)F)Oc1ccc([N+](=O)[O-])cc1. The molecule has 0 unspecified atom stereocenters. The number of ether oxygens (including phenoxy) is 2. The molecule has 0 atom stereocenters. The summed E-state index contributed by atoms with van der Waals surface area (Å²) in [6.07, 6.45) is -7.01. The van der Waals surface area contributed by atoms with Gasteiger partial charge in [-0.3, -0.25) is 10.1 Å².